The summed E-state index contributed by atoms with van der Waals surface area (Å²) in [5, 5.41) is 3.44. The Hall–Kier alpha value is -2.07. The summed E-state index contributed by atoms with van der Waals surface area (Å²) in [6.45, 7) is 0.158. The number of ether oxygens (including phenoxy) is 1. The first kappa shape index (κ1) is 17.1. The van der Waals surface area contributed by atoms with Crippen molar-refractivity contribution >= 4 is 32.7 Å². The minimum absolute atomic E-state index is 0.150. The molecule has 0 radical (unpaired) electrons. The molecule has 0 saturated carbocycles. The van der Waals surface area contributed by atoms with Crippen molar-refractivity contribution in [2.24, 2.45) is 0 Å². The van der Waals surface area contributed by atoms with Crippen molar-refractivity contribution in [3.05, 3.63) is 17.7 Å². The molecule has 0 unspecified atom stereocenters. The van der Waals surface area contributed by atoms with Crippen LogP contribution in [-0.2, 0) is 6.42 Å². The number of urea groups is 1. The number of nitrogens with one attached hydrogen (secondary N) is 1. The van der Waals surface area contributed by atoms with E-state index in [1.807, 2.05) is 12.1 Å². The number of carbonyl (C=O) groups is 1. The van der Waals surface area contributed by atoms with Gasteiger partial charge < -0.3 is 10.1 Å². The molecule has 2 aromatic rings. The summed E-state index contributed by atoms with van der Waals surface area (Å²) < 4.78 is 44.9. The van der Waals surface area contributed by atoms with Crippen LogP contribution in [0.5, 0.6) is 5.75 Å². The maximum Gasteiger partial charge on any atom is 0.401 e. The lowest BCUT2D eigenvalue weighted by Gasteiger charge is -2.36. The van der Waals surface area contributed by atoms with Crippen LogP contribution in [0, 0.1) is 0 Å². The molecular weight excluding hydrogens is 381 g/mol. The number of nitrogens with zero attached hydrogens (tertiary/aromatic N) is 3. The maximum absolute atomic E-state index is 12.8. The van der Waals surface area contributed by atoms with Crippen molar-refractivity contribution in [1.29, 1.82) is 0 Å². The first-order chi connectivity index (χ1) is 12.9. The van der Waals surface area contributed by atoms with Gasteiger partial charge in [0.25, 0.3) is 0 Å². The van der Waals surface area contributed by atoms with Crippen LogP contribution in [0.1, 0.15) is 12.0 Å². The Morgan fingerprint density at radius 3 is 3.04 bits per heavy atom. The highest BCUT2D eigenvalue weighted by Crippen LogP contribution is 2.39. The Labute approximate surface area is 156 Å². The van der Waals surface area contributed by atoms with Crippen molar-refractivity contribution < 1.29 is 22.7 Å². The van der Waals surface area contributed by atoms with E-state index in [9.17, 15) is 18.0 Å². The average Bonchev–Trinajstić information content (AvgIpc) is 3.26. The van der Waals surface area contributed by atoms with E-state index in [1.54, 1.807) is 4.90 Å². The van der Waals surface area contributed by atoms with Crippen LogP contribution in [0.4, 0.5) is 23.1 Å². The van der Waals surface area contributed by atoms with Gasteiger partial charge in [0.1, 0.15) is 5.75 Å². The summed E-state index contributed by atoms with van der Waals surface area (Å²) in [7, 11) is 0. The molecule has 4 heterocycles. The van der Waals surface area contributed by atoms with Gasteiger partial charge in [-0.1, -0.05) is 11.3 Å². The second-order valence-corrected chi connectivity index (χ2v) is 8.13. The number of aromatic nitrogens is 1. The molecule has 2 fully saturated rings. The average molecular weight is 398 g/mol. The number of hydrogen-bond donors (Lipinski definition) is 1. The van der Waals surface area contributed by atoms with E-state index in [0.717, 1.165) is 28.0 Å². The minimum atomic E-state index is -4.25. The van der Waals surface area contributed by atoms with Gasteiger partial charge in [-0.05, 0) is 18.6 Å². The van der Waals surface area contributed by atoms with Gasteiger partial charge in [-0.25, -0.2) is 9.78 Å². The molecule has 1 aromatic carbocycles. The van der Waals surface area contributed by atoms with E-state index >= 15 is 0 Å². The van der Waals surface area contributed by atoms with Crippen LogP contribution < -0.4 is 15.0 Å². The van der Waals surface area contributed by atoms with Crippen molar-refractivity contribution in [2.45, 2.75) is 31.1 Å². The zero-order valence-electron chi connectivity index (χ0n) is 14.3. The molecule has 2 amide bonds. The molecule has 0 spiro atoms. The third kappa shape index (κ3) is 2.91. The second-order valence-electron chi connectivity index (χ2n) is 7.12. The van der Waals surface area contributed by atoms with Gasteiger partial charge in [0.2, 0.25) is 0 Å². The molecule has 0 aliphatic carbocycles. The number of halogens is 3. The smallest absolute Gasteiger partial charge is 0.401 e. The molecule has 27 heavy (non-hydrogen) atoms. The van der Waals surface area contributed by atoms with Crippen LogP contribution in [0.2, 0.25) is 0 Å². The summed E-state index contributed by atoms with van der Waals surface area (Å²) in [5.74, 6) is 0.817. The lowest BCUT2D eigenvalue weighted by Crippen LogP contribution is -2.53. The number of fused-ring (bicyclic) bond motifs is 4. The largest absolute Gasteiger partial charge is 0.493 e. The molecule has 5 rings (SSSR count). The van der Waals surface area contributed by atoms with Crippen LogP contribution in [0.15, 0.2) is 12.1 Å². The highest BCUT2D eigenvalue weighted by atomic mass is 32.1. The normalized spacial score (nSPS) is 25.4. The number of amides is 2. The Balaban J connectivity index is 1.47. The van der Waals surface area contributed by atoms with Gasteiger partial charge in [-0.2, -0.15) is 13.2 Å². The van der Waals surface area contributed by atoms with Crippen molar-refractivity contribution in [1.82, 2.24) is 15.2 Å². The number of piperidine rings is 1. The van der Waals surface area contributed by atoms with E-state index in [2.05, 4.69) is 10.3 Å². The Morgan fingerprint density at radius 1 is 1.37 bits per heavy atom. The number of alkyl halides is 3. The molecule has 2 saturated heterocycles. The first-order valence-corrected chi connectivity index (χ1v) is 9.65. The van der Waals surface area contributed by atoms with Crippen LogP contribution in [0.3, 0.4) is 0 Å². The predicted molar refractivity (Wildman–Crippen MR) is 94.5 cm³/mol. The third-order valence-electron chi connectivity index (χ3n) is 5.36. The summed E-state index contributed by atoms with van der Waals surface area (Å²) in [6, 6.07) is 3.04. The van der Waals surface area contributed by atoms with E-state index in [4.69, 9.17) is 4.74 Å². The van der Waals surface area contributed by atoms with Crippen molar-refractivity contribution in [3.8, 4) is 5.75 Å². The lowest BCUT2D eigenvalue weighted by molar-refractivity contribution is -0.148. The van der Waals surface area contributed by atoms with Crippen molar-refractivity contribution in [3.63, 3.8) is 0 Å². The van der Waals surface area contributed by atoms with Crippen LogP contribution >= 0.6 is 11.3 Å². The minimum Gasteiger partial charge on any atom is -0.493 e. The third-order valence-corrected chi connectivity index (χ3v) is 6.38. The zero-order valence-corrected chi connectivity index (χ0v) is 15.1. The Kier molecular flexibility index (Phi) is 3.77. The first-order valence-electron chi connectivity index (χ1n) is 8.83. The summed E-state index contributed by atoms with van der Waals surface area (Å²) in [4.78, 5) is 20.1. The molecule has 0 bridgehead atoms. The molecule has 1 aromatic heterocycles. The van der Waals surface area contributed by atoms with Gasteiger partial charge in [-0.3, -0.25) is 9.80 Å². The fourth-order valence-electron chi connectivity index (χ4n) is 4.19. The number of anilines is 1. The molecule has 3 aliphatic heterocycles. The molecule has 6 nitrogen and oxygen atoms in total. The summed E-state index contributed by atoms with van der Waals surface area (Å²) >= 11 is 1.39. The second kappa shape index (κ2) is 5.96. The summed E-state index contributed by atoms with van der Waals surface area (Å²) in [6.07, 6.45) is -2.98. The maximum atomic E-state index is 12.8. The highest BCUT2D eigenvalue weighted by Gasteiger charge is 2.46. The molecule has 10 heteroatoms. The number of hydrogen-bond acceptors (Lipinski definition) is 5. The molecule has 2 atom stereocenters. The van der Waals surface area contributed by atoms with Crippen molar-refractivity contribution in [2.75, 3.05) is 31.1 Å². The Bertz CT molecular complexity index is 915. The Morgan fingerprint density at radius 2 is 2.22 bits per heavy atom. The fraction of sp³-hybridized carbons (Fsp3) is 0.529. The van der Waals surface area contributed by atoms with Crippen LogP contribution in [-0.4, -0.2) is 60.4 Å². The van der Waals surface area contributed by atoms with Gasteiger partial charge in [0, 0.05) is 25.1 Å². The standard InChI is InChI=1S/C17H17F3N4O2S/c18-17(19,20)8-23-5-3-10-11(7-23)24(15(25)21-10)16-22-14-9-4-6-26-12(9)1-2-13(14)27-16/h1-2,10-11H,3-8H2,(H,21,25)/t10-,11+/m0/s1. The van der Waals surface area contributed by atoms with Gasteiger partial charge in [-0.15, -0.1) is 0 Å². The van der Waals surface area contributed by atoms with E-state index < -0.39 is 12.7 Å². The number of thiazole rings is 1. The summed E-state index contributed by atoms with van der Waals surface area (Å²) in [5.41, 5.74) is 1.86. The molecule has 3 aliphatic rings. The molecular formula is C17H17F3N4O2S. The van der Waals surface area contributed by atoms with Gasteiger partial charge in [0.05, 0.1) is 35.5 Å². The topological polar surface area (TPSA) is 57.7 Å². The predicted octanol–water partition coefficient (Wildman–Crippen LogP) is 2.77. The number of benzene rings is 1. The number of carbonyl (C=O) groups excluding carboxylic acids is 1. The van der Waals surface area contributed by atoms with Crippen LogP contribution in [0.25, 0.3) is 10.2 Å². The molecule has 144 valence electrons. The monoisotopic (exact) mass is 398 g/mol. The number of likely N-dealkylation sites (tertiary alicyclic amines) is 1. The highest BCUT2D eigenvalue weighted by molar-refractivity contribution is 7.22. The van der Waals surface area contributed by atoms with E-state index in [0.29, 0.717) is 24.7 Å². The number of rotatable bonds is 2. The fourth-order valence-corrected chi connectivity index (χ4v) is 5.24. The van der Waals surface area contributed by atoms with Gasteiger partial charge >= 0.3 is 12.2 Å². The lowest BCUT2D eigenvalue weighted by atomic mass is 10.0. The quantitative estimate of drug-likeness (QED) is 0.845. The van der Waals surface area contributed by atoms with Gasteiger partial charge in [0.15, 0.2) is 5.13 Å². The SMILES string of the molecule is O=C1N[C@H]2CCN(CC(F)(F)F)C[C@H]2N1c1nc2c3c(ccc2s1)OCC3. The van der Waals surface area contributed by atoms with E-state index in [1.165, 1.54) is 16.2 Å². The van der Waals surface area contributed by atoms with E-state index in [-0.39, 0.29) is 24.7 Å². The zero-order chi connectivity index (χ0) is 18.8. The molecule has 1 N–H and O–H groups in total.